The molecule has 0 atom stereocenters. The highest BCUT2D eigenvalue weighted by molar-refractivity contribution is 5.38. The van der Waals surface area contributed by atoms with E-state index in [9.17, 15) is 0 Å². The summed E-state index contributed by atoms with van der Waals surface area (Å²) in [6, 6.07) is 1.84. The highest BCUT2D eigenvalue weighted by Gasteiger charge is 2.08. The predicted octanol–water partition coefficient (Wildman–Crippen LogP) is 2.84. The summed E-state index contributed by atoms with van der Waals surface area (Å²) in [5.41, 5.74) is 0. The van der Waals surface area contributed by atoms with Gasteiger partial charge in [-0.15, -0.1) is 0 Å². The lowest BCUT2D eigenvalue weighted by atomic mass is 10.2. The van der Waals surface area contributed by atoms with E-state index >= 15 is 0 Å². The molecule has 0 saturated heterocycles. The second-order valence-electron chi connectivity index (χ2n) is 4.73. The topological polar surface area (TPSA) is 56.3 Å². The van der Waals surface area contributed by atoms with Crippen LogP contribution in [-0.2, 0) is 4.74 Å². The molecule has 0 unspecified atom stereocenters. The van der Waals surface area contributed by atoms with Crippen LogP contribution in [0.2, 0.25) is 0 Å². The Morgan fingerprint density at radius 1 is 1.26 bits per heavy atom. The number of aromatic nitrogens is 2. The third kappa shape index (κ3) is 5.87. The van der Waals surface area contributed by atoms with Crippen molar-refractivity contribution in [2.45, 2.75) is 39.5 Å². The normalized spacial score (nSPS) is 10.8. The first-order valence-electron chi connectivity index (χ1n) is 6.92. The maximum Gasteiger partial charge on any atom is 0.218 e. The van der Waals surface area contributed by atoms with Gasteiger partial charge >= 0.3 is 0 Å². The van der Waals surface area contributed by atoms with Crippen LogP contribution in [0.15, 0.2) is 6.07 Å². The molecule has 0 bridgehead atoms. The number of nitrogens with zero attached hydrogens (tertiary/aromatic N) is 2. The van der Waals surface area contributed by atoms with E-state index in [1.54, 1.807) is 7.11 Å². The highest BCUT2D eigenvalue weighted by atomic mass is 16.5. The zero-order chi connectivity index (χ0) is 14.1. The molecule has 1 aromatic heterocycles. The van der Waals surface area contributed by atoms with Crippen LogP contribution < -0.4 is 10.1 Å². The number of unbranched alkanes of at least 4 members (excludes halogenated alkanes) is 1. The highest BCUT2D eigenvalue weighted by Crippen LogP contribution is 2.18. The molecule has 1 heterocycles. The van der Waals surface area contributed by atoms with Gasteiger partial charge in [0, 0.05) is 25.6 Å². The lowest BCUT2D eigenvalue weighted by molar-refractivity contribution is 0.210. The van der Waals surface area contributed by atoms with Gasteiger partial charge in [0.1, 0.15) is 11.6 Å². The summed E-state index contributed by atoms with van der Waals surface area (Å²) in [6.45, 7) is 8.35. The van der Waals surface area contributed by atoms with Crippen molar-refractivity contribution in [2.75, 3.05) is 32.2 Å². The molecule has 0 aromatic carbocycles. The number of anilines is 1. The second-order valence-corrected chi connectivity index (χ2v) is 4.73. The van der Waals surface area contributed by atoms with Crippen molar-refractivity contribution in [2.24, 2.45) is 0 Å². The van der Waals surface area contributed by atoms with Gasteiger partial charge in [0.05, 0.1) is 13.2 Å². The molecule has 1 aromatic rings. The second kappa shape index (κ2) is 8.69. The Hall–Kier alpha value is -1.36. The van der Waals surface area contributed by atoms with Crippen LogP contribution in [0.5, 0.6) is 5.88 Å². The van der Waals surface area contributed by atoms with Crippen LogP contribution in [0.1, 0.15) is 45.4 Å². The molecule has 0 aliphatic heterocycles. The van der Waals surface area contributed by atoms with Crippen LogP contribution >= 0.6 is 0 Å². The molecule has 0 spiro atoms. The number of rotatable bonds is 9. The Kier molecular flexibility index (Phi) is 7.18. The maximum absolute atomic E-state index is 5.66. The minimum atomic E-state index is 0.276. The Bertz CT molecular complexity index is 341. The molecule has 0 aliphatic carbocycles. The van der Waals surface area contributed by atoms with E-state index in [-0.39, 0.29) is 5.92 Å². The minimum Gasteiger partial charge on any atom is -0.478 e. The third-order valence-corrected chi connectivity index (χ3v) is 2.60. The number of hydrogen-bond donors (Lipinski definition) is 1. The average Bonchev–Trinajstić information content (AvgIpc) is 2.39. The van der Waals surface area contributed by atoms with Crippen molar-refractivity contribution < 1.29 is 9.47 Å². The smallest absolute Gasteiger partial charge is 0.218 e. The molecular formula is C14H25N3O2. The van der Waals surface area contributed by atoms with E-state index in [1.807, 2.05) is 6.07 Å². The molecule has 5 nitrogen and oxygen atoms in total. The van der Waals surface area contributed by atoms with Crippen LogP contribution in [0.25, 0.3) is 0 Å². The molecular weight excluding hydrogens is 242 g/mol. The number of hydrogen-bond acceptors (Lipinski definition) is 5. The van der Waals surface area contributed by atoms with Crippen molar-refractivity contribution in [1.82, 2.24) is 9.97 Å². The SMILES string of the molecule is CCCCOc1cc(NCCOC)nc(C(C)C)n1. The van der Waals surface area contributed by atoms with Gasteiger partial charge in [-0.1, -0.05) is 27.2 Å². The molecule has 108 valence electrons. The van der Waals surface area contributed by atoms with E-state index in [2.05, 4.69) is 36.1 Å². The largest absolute Gasteiger partial charge is 0.478 e. The fourth-order valence-electron chi connectivity index (χ4n) is 1.47. The lowest BCUT2D eigenvalue weighted by Gasteiger charge is -2.12. The van der Waals surface area contributed by atoms with Crippen LogP contribution in [-0.4, -0.2) is 36.8 Å². The molecule has 1 N–H and O–H groups in total. The Morgan fingerprint density at radius 3 is 2.68 bits per heavy atom. The molecule has 0 radical (unpaired) electrons. The number of methoxy groups -OCH3 is 1. The lowest BCUT2D eigenvalue weighted by Crippen LogP contribution is -2.11. The molecule has 0 amide bonds. The monoisotopic (exact) mass is 267 g/mol. The molecule has 0 fully saturated rings. The molecule has 0 saturated carbocycles. The number of ether oxygens (including phenoxy) is 2. The van der Waals surface area contributed by atoms with Crippen molar-refractivity contribution >= 4 is 5.82 Å². The summed E-state index contributed by atoms with van der Waals surface area (Å²) in [7, 11) is 1.68. The van der Waals surface area contributed by atoms with Gasteiger partial charge in [0.2, 0.25) is 5.88 Å². The fourth-order valence-corrected chi connectivity index (χ4v) is 1.47. The Labute approximate surface area is 115 Å². The van der Waals surface area contributed by atoms with Crippen LogP contribution in [0.3, 0.4) is 0 Å². The quantitative estimate of drug-likeness (QED) is 0.697. The Balaban J connectivity index is 2.72. The third-order valence-electron chi connectivity index (χ3n) is 2.60. The van der Waals surface area contributed by atoms with Gasteiger partial charge in [-0.25, -0.2) is 4.98 Å². The van der Waals surface area contributed by atoms with Gasteiger partial charge < -0.3 is 14.8 Å². The van der Waals surface area contributed by atoms with Gasteiger partial charge in [0.25, 0.3) is 0 Å². The zero-order valence-corrected chi connectivity index (χ0v) is 12.4. The van der Waals surface area contributed by atoms with E-state index < -0.39 is 0 Å². The van der Waals surface area contributed by atoms with Crippen molar-refractivity contribution in [3.63, 3.8) is 0 Å². The van der Waals surface area contributed by atoms with Crippen molar-refractivity contribution in [1.29, 1.82) is 0 Å². The fraction of sp³-hybridized carbons (Fsp3) is 0.714. The van der Waals surface area contributed by atoms with Gasteiger partial charge in [-0.05, 0) is 6.42 Å². The summed E-state index contributed by atoms with van der Waals surface area (Å²) in [4.78, 5) is 8.90. The van der Waals surface area contributed by atoms with Crippen LogP contribution in [0, 0.1) is 0 Å². The van der Waals surface area contributed by atoms with Gasteiger partial charge in [-0.3, -0.25) is 0 Å². The molecule has 19 heavy (non-hydrogen) atoms. The standard InChI is InChI=1S/C14H25N3O2/c1-5-6-8-19-13-10-12(15-7-9-18-4)16-14(17-13)11(2)3/h10-11H,5-9H2,1-4H3,(H,15,16,17). The van der Waals surface area contributed by atoms with E-state index in [4.69, 9.17) is 9.47 Å². The Morgan fingerprint density at radius 2 is 2.05 bits per heavy atom. The van der Waals surface area contributed by atoms with E-state index in [0.29, 0.717) is 19.1 Å². The molecule has 5 heteroatoms. The minimum absolute atomic E-state index is 0.276. The van der Waals surface area contributed by atoms with E-state index in [1.165, 1.54) is 0 Å². The number of nitrogens with one attached hydrogen (secondary N) is 1. The van der Waals surface area contributed by atoms with Crippen molar-refractivity contribution in [3.8, 4) is 5.88 Å². The summed E-state index contributed by atoms with van der Waals surface area (Å²) >= 11 is 0. The van der Waals surface area contributed by atoms with Gasteiger partial charge in [-0.2, -0.15) is 4.98 Å². The zero-order valence-electron chi connectivity index (χ0n) is 12.4. The van der Waals surface area contributed by atoms with E-state index in [0.717, 1.165) is 31.0 Å². The summed E-state index contributed by atoms with van der Waals surface area (Å²) in [5, 5.41) is 3.22. The van der Waals surface area contributed by atoms with Crippen LogP contribution in [0.4, 0.5) is 5.82 Å². The average molecular weight is 267 g/mol. The van der Waals surface area contributed by atoms with Crippen molar-refractivity contribution in [3.05, 3.63) is 11.9 Å². The van der Waals surface area contributed by atoms with Gasteiger partial charge in [0.15, 0.2) is 0 Å². The summed E-state index contributed by atoms with van der Waals surface area (Å²) in [5.74, 6) is 2.51. The maximum atomic E-state index is 5.66. The summed E-state index contributed by atoms with van der Waals surface area (Å²) < 4.78 is 10.7. The first-order valence-corrected chi connectivity index (χ1v) is 6.92. The predicted molar refractivity (Wildman–Crippen MR) is 76.9 cm³/mol. The molecule has 0 aliphatic rings. The first-order chi connectivity index (χ1) is 9.17. The first kappa shape index (κ1) is 15.7. The summed E-state index contributed by atoms with van der Waals surface area (Å²) in [6.07, 6.45) is 2.15. The molecule has 1 rings (SSSR count).